The van der Waals surface area contributed by atoms with Gasteiger partial charge in [-0.15, -0.1) is 0 Å². The van der Waals surface area contributed by atoms with Crippen LogP contribution in [0.3, 0.4) is 0 Å². The molecule has 0 fully saturated rings. The van der Waals surface area contributed by atoms with Crippen LogP contribution in [0.4, 0.5) is 0 Å². The number of aromatic hydroxyl groups is 2. The second-order valence-electron chi connectivity index (χ2n) is 10.1. The lowest BCUT2D eigenvalue weighted by atomic mass is 9.77. The molecule has 0 bridgehead atoms. The van der Waals surface area contributed by atoms with E-state index in [0.717, 1.165) is 0 Å². The summed E-state index contributed by atoms with van der Waals surface area (Å²) >= 11 is 0. The van der Waals surface area contributed by atoms with E-state index in [2.05, 4.69) is 0 Å². The van der Waals surface area contributed by atoms with Gasteiger partial charge in [-0.05, 0) is 36.2 Å². The van der Waals surface area contributed by atoms with Gasteiger partial charge in [-0.1, -0.05) is 0 Å². The first-order chi connectivity index (χ1) is 18.0. The number of ketones is 1. The number of benzene rings is 5. The molecule has 1 aliphatic carbocycles. The maximum absolute atomic E-state index is 13.4. The highest BCUT2D eigenvalue weighted by molar-refractivity contribution is 6.38. The van der Waals surface area contributed by atoms with Gasteiger partial charge in [0, 0.05) is 45.7 Å². The van der Waals surface area contributed by atoms with E-state index in [-0.39, 0.29) is 51.1 Å². The molecule has 0 aromatic heterocycles. The molecule has 0 aliphatic heterocycles. The van der Waals surface area contributed by atoms with Crippen molar-refractivity contribution in [3.63, 3.8) is 0 Å². The quantitative estimate of drug-likeness (QED) is 0.242. The third-order valence-electron chi connectivity index (χ3n) is 7.87. The van der Waals surface area contributed by atoms with Crippen molar-refractivity contribution in [1.29, 1.82) is 0 Å². The van der Waals surface area contributed by atoms with Gasteiger partial charge >= 0.3 is 0 Å². The van der Waals surface area contributed by atoms with E-state index in [4.69, 9.17) is 14.2 Å². The minimum Gasteiger partial charge on any atom is -0.507 e. The van der Waals surface area contributed by atoms with Crippen LogP contribution >= 0.6 is 0 Å². The summed E-state index contributed by atoms with van der Waals surface area (Å²) in [5.74, 6) is -2.13. The van der Waals surface area contributed by atoms with Gasteiger partial charge in [0.25, 0.3) is 0 Å². The lowest BCUT2D eigenvalue weighted by Gasteiger charge is -2.32. The first kappa shape index (κ1) is 24.0. The van der Waals surface area contributed by atoms with E-state index < -0.39 is 33.9 Å². The van der Waals surface area contributed by atoms with E-state index in [1.54, 1.807) is 0 Å². The van der Waals surface area contributed by atoms with Crippen molar-refractivity contribution in [2.75, 3.05) is 21.3 Å². The molecule has 2 atom stereocenters. The number of methoxy groups -OCH3 is 3. The maximum atomic E-state index is 13.4. The largest absolute Gasteiger partial charge is 0.507 e. The zero-order valence-electron chi connectivity index (χ0n) is 21.3. The highest BCUT2D eigenvalue weighted by Gasteiger charge is 2.45. The number of hydrogen-bond donors (Lipinski definition) is 3. The van der Waals surface area contributed by atoms with Crippen molar-refractivity contribution >= 4 is 48.9 Å². The second kappa shape index (κ2) is 7.58. The Morgan fingerprint density at radius 2 is 1.39 bits per heavy atom. The van der Waals surface area contributed by atoms with Gasteiger partial charge in [0.05, 0.1) is 43.6 Å². The molecule has 5 aromatic rings. The molecule has 0 saturated heterocycles. The Hall–Kier alpha value is -4.37. The number of carbonyl (C=O) groups is 1. The number of carbonyl (C=O) groups excluding carboxylic acids is 1. The van der Waals surface area contributed by atoms with Gasteiger partial charge in [-0.2, -0.15) is 0 Å². The molecule has 38 heavy (non-hydrogen) atoms. The average Bonchev–Trinajstić information content (AvgIpc) is 2.94. The molecular formula is C29H24O9. The second-order valence-corrected chi connectivity index (χ2v) is 10.1. The van der Waals surface area contributed by atoms with Crippen LogP contribution in [0.5, 0.6) is 28.7 Å². The molecule has 9 nitrogen and oxygen atoms in total. The highest BCUT2D eigenvalue weighted by Crippen LogP contribution is 2.57. The number of rotatable bonds is 4. The summed E-state index contributed by atoms with van der Waals surface area (Å²) in [5.41, 5.74) is -2.13. The zero-order valence-corrected chi connectivity index (χ0v) is 21.3. The third kappa shape index (κ3) is 2.71. The lowest BCUT2D eigenvalue weighted by Crippen LogP contribution is -2.38. The van der Waals surface area contributed by atoms with Gasteiger partial charge in [0.15, 0.2) is 22.4 Å². The van der Waals surface area contributed by atoms with Gasteiger partial charge in [0.2, 0.25) is 0 Å². The lowest BCUT2D eigenvalue weighted by molar-refractivity contribution is -0.124. The highest BCUT2D eigenvalue weighted by atomic mass is 16.5. The number of ether oxygens (including phenoxy) is 3. The van der Waals surface area contributed by atoms with Gasteiger partial charge in [0.1, 0.15) is 23.0 Å². The first-order valence-electron chi connectivity index (χ1n) is 11.9. The Morgan fingerprint density at radius 1 is 0.816 bits per heavy atom. The molecule has 0 radical (unpaired) electrons. The fourth-order valence-corrected chi connectivity index (χ4v) is 6.64. The SMILES string of the molecule is COc1c(O)c2c(=O)cc(OC)c3c4c(OC)cc(O)c5c(=O)cc6c(c(c1[C@H](C(C)=O)[C@](C)(O)C6)c23)c54. The Bertz CT molecular complexity index is 1970. The number of hydrogen-bond acceptors (Lipinski definition) is 9. The van der Waals surface area contributed by atoms with Crippen LogP contribution in [0.15, 0.2) is 27.8 Å². The van der Waals surface area contributed by atoms with Crippen LogP contribution in [0.25, 0.3) is 43.1 Å². The number of fused-ring (bicyclic) bond motifs is 1. The van der Waals surface area contributed by atoms with Crippen LogP contribution in [-0.2, 0) is 11.2 Å². The Balaban J connectivity index is 2.17. The van der Waals surface area contributed by atoms with E-state index in [1.807, 2.05) is 0 Å². The Kier molecular flexibility index (Phi) is 4.79. The summed E-state index contributed by atoms with van der Waals surface area (Å²) in [4.78, 5) is 40.0. The zero-order chi connectivity index (χ0) is 27.4. The fraction of sp³-hybridized carbons (Fsp3) is 0.276. The summed E-state index contributed by atoms with van der Waals surface area (Å²) in [6.07, 6.45) is -0.0984. The standard InChI is InChI=1S/C29H24O9/c1-10(30)26-25-23-17-11(9-29(26,2)35)6-12(31)18-13(32)7-15(36-3)20(22(17)18)21-16(37-4)8-14(33)19(24(21)23)27(34)28(25)38-5/h6-8,26,32,34-35H,9H2,1-5H3/t26-,29+/m0/s1. The number of aliphatic hydroxyl groups is 1. The van der Waals surface area contributed by atoms with Gasteiger partial charge < -0.3 is 29.5 Å². The Labute approximate surface area is 215 Å². The predicted octanol–water partition coefficient (Wildman–Crippen LogP) is 3.31. The monoisotopic (exact) mass is 516 g/mol. The smallest absolute Gasteiger partial charge is 0.194 e. The van der Waals surface area contributed by atoms with Crippen molar-refractivity contribution in [2.45, 2.75) is 31.8 Å². The average molecular weight is 517 g/mol. The summed E-state index contributed by atoms with van der Waals surface area (Å²) in [6.45, 7) is 2.81. The van der Waals surface area contributed by atoms with Crippen molar-refractivity contribution in [2.24, 2.45) is 0 Å². The number of phenols is 2. The molecule has 0 spiro atoms. The Morgan fingerprint density at radius 3 is 1.97 bits per heavy atom. The summed E-state index contributed by atoms with van der Waals surface area (Å²) in [6, 6.07) is 3.88. The van der Waals surface area contributed by atoms with Gasteiger partial charge in [-0.25, -0.2) is 0 Å². The van der Waals surface area contributed by atoms with E-state index >= 15 is 0 Å². The third-order valence-corrected chi connectivity index (χ3v) is 7.87. The summed E-state index contributed by atoms with van der Waals surface area (Å²) < 4.78 is 16.9. The summed E-state index contributed by atoms with van der Waals surface area (Å²) in [5, 5.41) is 36.2. The molecule has 5 aromatic carbocycles. The van der Waals surface area contributed by atoms with E-state index in [0.29, 0.717) is 32.5 Å². The first-order valence-corrected chi connectivity index (χ1v) is 11.9. The van der Waals surface area contributed by atoms with Crippen molar-refractivity contribution in [3.05, 3.63) is 49.8 Å². The molecule has 0 saturated carbocycles. The number of Topliss-reactive ketones (excluding diaryl/α,β-unsaturated/α-hetero) is 1. The van der Waals surface area contributed by atoms with Crippen molar-refractivity contribution in [1.82, 2.24) is 0 Å². The van der Waals surface area contributed by atoms with E-state index in [1.165, 1.54) is 53.4 Å². The summed E-state index contributed by atoms with van der Waals surface area (Å²) in [7, 11) is 4.10. The molecule has 9 heteroatoms. The normalized spacial score (nSPS) is 19.1. The molecule has 1 aliphatic rings. The van der Waals surface area contributed by atoms with Crippen molar-refractivity contribution < 1.29 is 34.3 Å². The van der Waals surface area contributed by atoms with Crippen LogP contribution in [0, 0.1) is 0 Å². The van der Waals surface area contributed by atoms with Crippen molar-refractivity contribution in [3.8, 4) is 28.7 Å². The van der Waals surface area contributed by atoms with Gasteiger partial charge in [-0.3, -0.25) is 14.4 Å². The van der Waals surface area contributed by atoms with Crippen LogP contribution in [0.2, 0.25) is 0 Å². The number of phenolic OH excluding ortho intramolecular Hbond substituents is 2. The van der Waals surface area contributed by atoms with Crippen LogP contribution in [0.1, 0.15) is 30.9 Å². The maximum Gasteiger partial charge on any atom is 0.194 e. The fourth-order valence-electron chi connectivity index (χ4n) is 6.64. The predicted molar refractivity (Wildman–Crippen MR) is 142 cm³/mol. The van der Waals surface area contributed by atoms with Crippen LogP contribution < -0.4 is 25.1 Å². The minimum absolute atomic E-state index is 0.0190. The molecule has 0 amide bonds. The minimum atomic E-state index is -1.70. The molecular weight excluding hydrogens is 492 g/mol. The van der Waals surface area contributed by atoms with Crippen LogP contribution in [-0.4, -0.2) is 48.0 Å². The molecule has 0 heterocycles. The molecule has 0 unspecified atom stereocenters. The molecule has 3 N–H and O–H groups in total. The van der Waals surface area contributed by atoms with E-state index in [9.17, 15) is 29.7 Å². The molecule has 194 valence electrons. The topological polar surface area (TPSA) is 140 Å². The molecule has 6 rings (SSSR count).